The van der Waals surface area contributed by atoms with Gasteiger partial charge in [0.25, 0.3) is 0 Å². The highest BCUT2D eigenvalue weighted by atomic mass is 16.5. The molecular weight excluding hydrogens is 747 g/mol. The summed E-state index contributed by atoms with van der Waals surface area (Å²) < 4.78 is 6.82. The van der Waals surface area contributed by atoms with Crippen LogP contribution in [0.25, 0.3) is 56.1 Å². The van der Waals surface area contributed by atoms with Crippen molar-refractivity contribution >= 4 is 44.9 Å². The minimum atomic E-state index is 0.582. The quantitative estimate of drug-likeness (QED) is 0.145. The van der Waals surface area contributed by atoms with E-state index in [1.54, 1.807) is 0 Å². The molecule has 0 saturated heterocycles. The number of anilines is 6. The molecular formula is C55H37N5O. The van der Waals surface area contributed by atoms with Crippen LogP contribution in [0, 0.1) is 0 Å². The zero-order valence-corrected chi connectivity index (χ0v) is 33.0. The number of ether oxygens (including phenoxy) is 1. The maximum absolute atomic E-state index is 6.82. The Bertz CT molecular complexity index is 3050. The molecule has 61 heavy (non-hydrogen) atoms. The number of hydrogen-bond acceptors (Lipinski definition) is 6. The minimum Gasteiger partial charge on any atom is -0.456 e. The third-order valence-electron chi connectivity index (χ3n) is 11.1. The molecule has 6 heteroatoms. The molecule has 1 aromatic heterocycles. The summed E-state index contributed by atoms with van der Waals surface area (Å²) in [6.45, 7) is 0. The molecule has 0 bridgehead atoms. The van der Waals surface area contributed by atoms with Crippen LogP contribution in [0.15, 0.2) is 224 Å². The van der Waals surface area contributed by atoms with Crippen molar-refractivity contribution in [3.05, 3.63) is 224 Å². The summed E-state index contributed by atoms with van der Waals surface area (Å²) in [7, 11) is 0. The lowest BCUT2D eigenvalue weighted by Crippen LogP contribution is -2.12. The van der Waals surface area contributed by atoms with E-state index >= 15 is 0 Å². The number of aromatic nitrogens is 3. The lowest BCUT2D eigenvalue weighted by molar-refractivity contribution is 0.487. The van der Waals surface area contributed by atoms with Gasteiger partial charge in [-0.05, 0) is 90.5 Å². The van der Waals surface area contributed by atoms with E-state index in [4.69, 9.17) is 19.7 Å². The van der Waals surface area contributed by atoms with Gasteiger partial charge in [0, 0.05) is 61.5 Å². The van der Waals surface area contributed by atoms with E-state index in [-0.39, 0.29) is 0 Å². The second-order valence-electron chi connectivity index (χ2n) is 14.9. The van der Waals surface area contributed by atoms with Gasteiger partial charge in [0.15, 0.2) is 17.5 Å². The Kier molecular flexibility index (Phi) is 9.06. The Morgan fingerprint density at radius 2 is 0.770 bits per heavy atom. The second kappa shape index (κ2) is 15.4. The van der Waals surface area contributed by atoms with Crippen LogP contribution in [0.2, 0.25) is 0 Å². The SMILES string of the molecule is c1ccc(-c2nc(-c3ccccc3)nc(-c3ccc4c(c3)Oc3ccc(N(c5ccccc5)c5ccc(N(c6ccccc6)c6ccccc6)cc5)c5cccc-4c35)n2)cc1. The molecule has 0 N–H and O–H groups in total. The van der Waals surface area contributed by atoms with Crippen LogP contribution in [0.5, 0.6) is 11.5 Å². The summed E-state index contributed by atoms with van der Waals surface area (Å²) in [6.07, 6.45) is 0. The van der Waals surface area contributed by atoms with Gasteiger partial charge in [-0.1, -0.05) is 140 Å². The second-order valence-corrected chi connectivity index (χ2v) is 14.9. The fraction of sp³-hybridized carbons (Fsp3) is 0. The van der Waals surface area contributed by atoms with Gasteiger partial charge in [0.1, 0.15) is 11.5 Å². The summed E-state index contributed by atoms with van der Waals surface area (Å²) in [5, 5.41) is 2.15. The first kappa shape index (κ1) is 35.8. The number of rotatable bonds is 9. The molecule has 0 spiro atoms. The first-order valence-corrected chi connectivity index (χ1v) is 20.4. The van der Waals surface area contributed by atoms with E-state index in [0.29, 0.717) is 17.5 Å². The molecule has 0 saturated carbocycles. The molecule has 0 fully saturated rings. The molecule has 0 radical (unpaired) electrons. The van der Waals surface area contributed by atoms with Gasteiger partial charge in [0.05, 0.1) is 5.69 Å². The standard InChI is InChI=1S/C55H37N5O/c1-6-17-38(18-7-1)53-56-54(39-19-8-2-9-20-39)58-55(57-53)40-29-34-46-47-27-16-28-48-49(35-36-50(52(47)48)61-51(46)37-40)60(43-25-14-5-15-26-43)45-32-30-44(31-33-45)59(41-21-10-3-11-22-41)42-23-12-4-13-24-42/h1-37H. The Morgan fingerprint density at radius 3 is 1.31 bits per heavy atom. The first-order chi connectivity index (χ1) is 30.2. The maximum atomic E-state index is 6.82. The van der Waals surface area contributed by atoms with Gasteiger partial charge in [0.2, 0.25) is 0 Å². The summed E-state index contributed by atoms with van der Waals surface area (Å²) >= 11 is 0. The summed E-state index contributed by atoms with van der Waals surface area (Å²) in [4.78, 5) is 19.5. The highest BCUT2D eigenvalue weighted by molar-refractivity contribution is 6.11. The molecule has 288 valence electrons. The van der Waals surface area contributed by atoms with E-state index in [9.17, 15) is 0 Å². The molecule has 9 aromatic carbocycles. The predicted molar refractivity (Wildman–Crippen MR) is 249 cm³/mol. The number of nitrogens with zero attached hydrogens (tertiary/aromatic N) is 5. The molecule has 0 unspecified atom stereocenters. The Hall–Kier alpha value is -8.35. The van der Waals surface area contributed by atoms with Crippen LogP contribution >= 0.6 is 0 Å². The predicted octanol–water partition coefficient (Wildman–Crippen LogP) is 14.7. The van der Waals surface area contributed by atoms with E-state index in [1.807, 2.05) is 60.7 Å². The monoisotopic (exact) mass is 783 g/mol. The average Bonchev–Trinajstić information content (AvgIpc) is 3.34. The zero-order valence-electron chi connectivity index (χ0n) is 33.0. The van der Waals surface area contributed by atoms with Gasteiger partial charge in [-0.2, -0.15) is 0 Å². The third kappa shape index (κ3) is 6.72. The number of benzene rings is 9. The smallest absolute Gasteiger partial charge is 0.164 e. The molecule has 0 amide bonds. The van der Waals surface area contributed by atoms with Crippen molar-refractivity contribution in [2.75, 3.05) is 9.80 Å². The van der Waals surface area contributed by atoms with Crippen molar-refractivity contribution in [3.63, 3.8) is 0 Å². The normalized spacial score (nSPS) is 11.4. The third-order valence-corrected chi connectivity index (χ3v) is 11.1. The van der Waals surface area contributed by atoms with Crippen LogP contribution < -0.4 is 14.5 Å². The van der Waals surface area contributed by atoms with E-state index < -0.39 is 0 Å². The lowest BCUT2D eigenvalue weighted by atomic mass is 9.92. The van der Waals surface area contributed by atoms with Crippen LogP contribution in [-0.2, 0) is 0 Å². The van der Waals surface area contributed by atoms with Crippen molar-refractivity contribution in [2.24, 2.45) is 0 Å². The summed E-state index contributed by atoms with van der Waals surface area (Å²) in [5.74, 6) is 3.37. The lowest BCUT2D eigenvalue weighted by Gasteiger charge is -2.30. The molecule has 0 atom stereocenters. The van der Waals surface area contributed by atoms with Crippen LogP contribution in [-0.4, -0.2) is 15.0 Å². The van der Waals surface area contributed by atoms with Crippen molar-refractivity contribution < 1.29 is 4.74 Å². The molecule has 0 aliphatic carbocycles. The molecule has 6 nitrogen and oxygen atoms in total. The highest BCUT2D eigenvalue weighted by Crippen LogP contribution is 2.51. The largest absolute Gasteiger partial charge is 0.456 e. The van der Waals surface area contributed by atoms with Crippen molar-refractivity contribution in [1.82, 2.24) is 15.0 Å². The van der Waals surface area contributed by atoms with Crippen molar-refractivity contribution in [2.45, 2.75) is 0 Å². The van der Waals surface area contributed by atoms with Gasteiger partial charge >= 0.3 is 0 Å². The van der Waals surface area contributed by atoms with Crippen LogP contribution in [0.3, 0.4) is 0 Å². The summed E-state index contributed by atoms with van der Waals surface area (Å²) in [5.41, 5.74) is 11.2. The highest BCUT2D eigenvalue weighted by Gasteiger charge is 2.25. The Labute approximate surface area is 354 Å². The van der Waals surface area contributed by atoms with E-state index in [0.717, 1.165) is 84.2 Å². The Balaban J connectivity index is 0.997. The molecule has 1 aliphatic heterocycles. The number of para-hydroxylation sites is 3. The van der Waals surface area contributed by atoms with Gasteiger partial charge in [-0.15, -0.1) is 0 Å². The number of hydrogen-bond donors (Lipinski definition) is 0. The van der Waals surface area contributed by atoms with Crippen LogP contribution in [0.4, 0.5) is 34.1 Å². The van der Waals surface area contributed by atoms with E-state index in [2.05, 4.69) is 174 Å². The Morgan fingerprint density at radius 1 is 0.311 bits per heavy atom. The average molecular weight is 784 g/mol. The molecule has 11 rings (SSSR count). The van der Waals surface area contributed by atoms with Gasteiger partial charge in [-0.3, -0.25) is 0 Å². The van der Waals surface area contributed by atoms with Crippen molar-refractivity contribution in [1.29, 1.82) is 0 Å². The van der Waals surface area contributed by atoms with Crippen molar-refractivity contribution in [3.8, 4) is 56.8 Å². The van der Waals surface area contributed by atoms with Gasteiger partial charge < -0.3 is 14.5 Å². The maximum Gasteiger partial charge on any atom is 0.164 e. The molecule has 2 heterocycles. The molecule has 1 aliphatic rings. The minimum absolute atomic E-state index is 0.582. The topological polar surface area (TPSA) is 54.4 Å². The zero-order chi connectivity index (χ0) is 40.5. The van der Waals surface area contributed by atoms with Gasteiger partial charge in [-0.25, -0.2) is 15.0 Å². The number of fused-ring (bicyclic) bond motifs is 2. The summed E-state index contributed by atoms with van der Waals surface area (Å²) in [6, 6.07) is 77.5. The molecule has 10 aromatic rings. The fourth-order valence-corrected chi connectivity index (χ4v) is 8.24. The van der Waals surface area contributed by atoms with Crippen LogP contribution in [0.1, 0.15) is 0 Å². The fourth-order valence-electron chi connectivity index (χ4n) is 8.24. The van der Waals surface area contributed by atoms with E-state index in [1.165, 1.54) is 0 Å². The first-order valence-electron chi connectivity index (χ1n) is 20.4.